The zero-order chi connectivity index (χ0) is 11.3. The molecule has 0 aliphatic carbocycles. The fourth-order valence-corrected chi connectivity index (χ4v) is 0.609. The van der Waals surface area contributed by atoms with Gasteiger partial charge >= 0.3 is 5.97 Å². The van der Waals surface area contributed by atoms with Crippen molar-refractivity contribution in [3.05, 3.63) is 0 Å². The van der Waals surface area contributed by atoms with Crippen molar-refractivity contribution in [3.63, 3.8) is 0 Å². The normalized spacial score (nSPS) is 20.8. The van der Waals surface area contributed by atoms with E-state index in [1.54, 1.807) is 0 Å². The third-order valence-electron chi connectivity index (χ3n) is 1.40. The van der Waals surface area contributed by atoms with Crippen LogP contribution in [0.3, 0.4) is 0 Å². The smallest absolute Gasteiger partial charge is 0.335 e. The standard InChI is InChI=1S/C6H10O7/c7-1-2(8)3(9)4(10)5(11)6(12)13/h1-5,8-11H,(H,12,13)/t2-,3+,4-,5+/m1/s1/i/hD. The summed E-state index contributed by atoms with van der Waals surface area (Å²) in [6, 6.07) is 0. The van der Waals surface area contributed by atoms with Crippen molar-refractivity contribution in [2.45, 2.75) is 24.4 Å². The average molecular weight is 195 g/mol. The predicted molar refractivity (Wildman–Crippen MR) is 37.7 cm³/mol. The van der Waals surface area contributed by atoms with Crippen molar-refractivity contribution < 1.29 is 35.1 Å². The van der Waals surface area contributed by atoms with Crippen LogP contribution >= 0.6 is 0 Å². The molecule has 13 heavy (non-hydrogen) atoms. The van der Waals surface area contributed by atoms with Crippen LogP contribution in [0.5, 0.6) is 0 Å². The van der Waals surface area contributed by atoms with E-state index in [9.17, 15) is 9.59 Å². The Kier molecular flexibility index (Phi) is 3.77. The summed E-state index contributed by atoms with van der Waals surface area (Å²) < 4.78 is 6.09. The van der Waals surface area contributed by atoms with E-state index in [1.807, 2.05) is 0 Å². The monoisotopic (exact) mass is 195 g/mol. The second kappa shape index (κ2) is 4.87. The number of hydrogen-bond acceptors (Lipinski definition) is 7. The summed E-state index contributed by atoms with van der Waals surface area (Å²) in [5, 5.41) is 38.8. The van der Waals surface area contributed by atoms with Gasteiger partial charge in [0.25, 0.3) is 1.43 Å². The highest BCUT2D eigenvalue weighted by Crippen LogP contribution is 2.03. The summed E-state index contributed by atoms with van der Waals surface area (Å²) in [4.78, 5) is 20.4. The molecule has 5 N–H and O–H groups in total. The number of aliphatic hydroxyl groups is 4. The van der Waals surface area contributed by atoms with Gasteiger partial charge < -0.3 is 30.3 Å². The molecule has 4 atom stereocenters. The van der Waals surface area contributed by atoms with E-state index < -0.39 is 30.4 Å². The molecule has 0 aromatic heterocycles. The third-order valence-corrected chi connectivity index (χ3v) is 1.40. The highest BCUT2D eigenvalue weighted by atomic mass is 16.4. The minimum Gasteiger partial charge on any atom is -0.479 e. The Labute approximate surface area is 74.3 Å². The van der Waals surface area contributed by atoms with E-state index in [1.165, 1.54) is 0 Å². The van der Waals surface area contributed by atoms with Gasteiger partial charge in [-0.3, -0.25) is 0 Å². The van der Waals surface area contributed by atoms with Gasteiger partial charge in [-0.15, -0.1) is 0 Å². The molecule has 0 aliphatic rings. The van der Waals surface area contributed by atoms with Crippen LogP contribution in [0.15, 0.2) is 0 Å². The largest absolute Gasteiger partial charge is 0.479 e. The highest BCUT2D eigenvalue weighted by molar-refractivity contribution is 5.73. The Morgan fingerprint density at radius 1 is 1.23 bits per heavy atom. The molecule has 76 valence electrons. The lowest BCUT2D eigenvalue weighted by Crippen LogP contribution is -2.48. The Morgan fingerprint density at radius 2 is 1.77 bits per heavy atom. The molecule has 0 fully saturated rings. The zero-order valence-corrected chi connectivity index (χ0v) is 6.40. The van der Waals surface area contributed by atoms with Crippen molar-refractivity contribution in [3.8, 4) is 0 Å². The molecule has 0 spiro atoms. The Balaban J connectivity index is 4.37. The summed E-state index contributed by atoms with van der Waals surface area (Å²) >= 11 is 0. The second-order valence-electron chi connectivity index (χ2n) is 2.37. The molecule has 0 aromatic rings. The van der Waals surface area contributed by atoms with Crippen molar-refractivity contribution in [1.82, 2.24) is 0 Å². The van der Waals surface area contributed by atoms with Gasteiger partial charge in [0.1, 0.15) is 18.3 Å². The number of hydrogen-bond donors (Lipinski definition) is 5. The summed E-state index contributed by atoms with van der Waals surface area (Å²) in [6.45, 7) is 0. The summed E-state index contributed by atoms with van der Waals surface area (Å²) in [7, 11) is 0. The maximum Gasteiger partial charge on any atom is 0.335 e. The first-order chi connectivity index (χ1) is 6.45. The van der Waals surface area contributed by atoms with E-state index in [-0.39, 0.29) is 6.29 Å². The molecule has 0 rings (SSSR count). The number of aliphatic carboxylic acids is 1. The van der Waals surface area contributed by atoms with Gasteiger partial charge in [0.05, 0.1) is 0 Å². The molecule has 0 unspecified atom stereocenters. The van der Waals surface area contributed by atoms with Gasteiger partial charge in [0, 0.05) is 0 Å². The number of carbonyl (C=O) groups is 2. The predicted octanol–water partition coefficient (Wildman–Crippen LogP) is -3.29. The van der Waals surface area contributed by atoms with Gasteiger partial charge in [-0.2, -0.15) is 0 Å². The van der Waals surface area contributed by atoms with Crippen LogP contribution in [-0.4, -0.2) is 62.2 Å². The molecule has 0 bridgehead atoms. The first-order valence-electron chi connectivity index (χ1n) is 3.71. The van der Waals surface area contributed by atoms with Crippen LogP contribution < -0.4 is 0 Å². The number of aliphatic hydroxyl groups excluding tert-OH is 4. The van der Waals surface area contributed by atoms with Crippen LogP contribution in [0.2, 0.25) is 0 Å². The number of rotatable bonds is 5. The van der Waals surface area contributed by atoms with Crippen LogP contribution in [-0.2, 0) is 9.59 Å². The van der Waals surface area contributed by atoms with Gasteiger partial charge in [0.15, 0.2) is 12.4 Å². The minimum absolute atomic E-state index is 0.0768. The lowest BCUT2D eigenvalue weighted by atomic mass is 10.0. The number of carboxylic acid groups (broad SMARTS) is 1. The van der Waals surface area contributed by atoms with E-state index in [2.05, 4.69) is 5.11 Å². The Hall–Kier alpha value is -1.02. The zero-order valence-electron chi connectivity index (χ0n) is 7.40. The number of carbonyl (C=O) groups excluding carboxylic acids is 1. The van der Waals surface area contributed by atoms with E-state index in [0.717, 1.165) is 0 Å². The topological polar surface area (TPSA) is 135 Å². The lowest BCUT2D eigenvalue weighted by molar-refractivity contribution is -0.163. The molecule has 7 heteroatoms. The van der Waals surface area contributed by atoms with Crippen LogP contribution in [0.4, 0.5) is 0 Å². The van der Waals surface area contributed by atoms with Gasteiger partial charge in [0.2, 0.25) is 0 Å². The fraction of sp³-hybridized carbons (Fsp3) is 0.667. The fourth-order valence-electron chi connectivity index (χ4n) is 0.609. The summed E-state index contributed by atoms with van der Waals surface area (Å²) in [6.07, 6.45) is -8.34. The van der Waals surface area contributed by atoms with Crippen LogP contribution in [0, 0.1) is 0 Å². The van der Waals surface area contributed by atoms with Crippen LogP contribution in [0.25, 0.3) is 1.43 Å². The maximum atomic E-state index is 10.5. The van der Waals surface area contributed by atoms with E-state index in [4.69, 9.17) is 21.9 Å². The number of aldehydes is 1. The Bertz CT molecular complexity index is 208. The van der Waals surface area contributed by atoms with Crippen molar-refractivity contribution in [2.24, 2.45) is 0 Å². The quantitative estimate of drug-likeness (QED) is 0.290. The molecule has 0 saturated carbocycles. The molecular weight excluding hydrogens is 184 g/mol. The molecule has 0 amide bonds. The Morgan fingerprint density at radius 3 is 2.15 bits per heavy atom. The SMILES string of the molecule is [2H]OC(=O)[C@@H](O)[C@H](O)[C@@H](O)[C@H](O)C=O. The third kappa shape index (κ3) is 3.07. The lowest BCUT2D eigenvalue weighted by Gasteiger charge is -2.21. The summed E-state index contributed by atoms with van der Waals surface area (Å²) in [5.74, 6) is -1.50. The van der Waals surface area contributed by atoms with E-state index >= 15 is 0 Å². The first-order valence-corrected chi connectivity index (χ1v) is 3.30. The minimum atomic E-state index is -2.20. The molecule has 0 aromatic carbocycles. The second-order valence-corrected chi connectivity index (χ2v) is 2.37. The molecule has 7 nitrogen and oxygen atoms in total. The molecule has 0 heterocycles. The molecule has 0 aliphatic heterocycles. The van der Waals surface area contributed by atoms with Gasteiger partial charge in [-0.05, 0) is 0 Å². The van der Waals surface area contributed by atoms with Crippen molar-refractivity contribution >= 4 is 12.3 Å². The van der Waals surface area contributed by atoms with E-state index in [0.29, 0.717) is 0 Å². The first kappa shape index (κ1) is 10.1. The average Bonchev–Trinajstić information content (AvgIpc) is 2.23. The molecule has 0 saturated heterocycles. The van der Waals surface area contributed by atoms with Crippen molar-refractivity contribution in [2.75, 3.05) is 0 Å². The molecular formula is C6H10O7. The van der Waals surface area contributed by atoms with Crippen LogP contribution in [0.1, 0.15) is 0 Å². The van der Waals surface area contributed by atoms with Crippen molar-refractivity contribution in [1.29, 1.82) is 1.43 Å². The highest BCUT2D eigenvalue weighted by Gasteiger charge is 2.33. The van der Waals surface area contributed by atoms with Gasteiger partial charge in [-0.25, -0.2) is 4.79 Å². The number of carboxylic acids is 1. The maximum absolute atomic E-state index is 10.5. The molecule has 0 radical (unpaired) electrons. The van der Waals surface area contributed by atoms with Gasteiger partial charge in [-0.1, -0.05) is 0 Å². The summed E-state index contributed by atoms with van der Waals surface area (Å²) in [5.41, 5.74) is 0.